The van der Waals surface area contributed by atoms with E-state index in [9.17, 15) is 18.0 Å². The molecule has 0 atom stereocenters. The van der Waals surface area contributed by atoms with Gasteiger partial charge in [-0.2, -0.15) is 0 Å². The molecule has 0 saturated heterocycles. The predicted molar refractivity (Wildman–Crippen MR) is 112 cm³/mol. The van der Waals surface area contributed by atoms with Crippen LogP contribution in [0.5, 0.6) is 0 Å². The average Bonchev–Trinajstić information content (AvgIpc) is 2.99. The lowest BCUT2D eigenvalue weighted by molar-refractivity contribution is 0.0595. The fraction of sp³-hybridized carbons (Fsp3) is 0.182. The van der Waals surface area contributed by atoms with Crippen molar-refractivity contribution in [2.45, 2.75) is 30.6 Å². The summed E-state index contributed by atoms with van der Waals surface area (Å²) in [6, 6.07) is 14.8. The Labute approximate surface area is 175 Å². The minimum Gasteiger partial charge on any atom is -0.465 e. The van der Waals surface area contributed by atoms with Gasteiger partial charge < -0.3 is 4.74 Å². The molecule has 7 nitrogen and oxygen atoms in total. The largest absolute Gasteiger partial charge is 0.465 e. The number of amides is 1. The highest BCUT2D eigenvalue weighted by Gasteiger charge is 2.34. The van der Waals surface area contributed by atoms with Gasteiger partial charge in [0.1, 0.15) is 10.5 Å². The van der Waals surface area contributed by atoms with Gasteiger partial charge in [-0.25, -0.2) is 13.2 Å². The number of nitrogens with one attached hydrogen (secondary N) is 1. The molecule has 3 aromatic rings. The third-order valence-electron chi connectivity index (χ3n) is 4.83. The van der Waals surface area contributed by atoms with Gasteiger partial charge in [0.2, 0.25) is 9.84 Å². The van der Waals surface area contributed by atoms with Crippen molar-refractivity contribution in [3.05, 3.63) is 82.7 Å². The van der Waals surface area contributed by atoms with Crippen molar-refractivity contribution in [2.24, 2.45) is 0 Å². The number of aryl methyl sites for hydroxylation is 1. The lowest BCUT2D eigenvalue weighted by Gasteiger charge is -2.12. The number of aromatic nitrogens is 1. The number of methoxy groups -OCH3 is 1. The highest BCUT2D eigenvalue weighted by atomic mass is 32.2. The first-order valence-corrected chi connectivity index (χ1v) is 10.6. The number of nitrogens with zero attached hydrogens (tertiary/aromatic N) is 1. The van der Waals surface area contributed by atoms with Crippen LogP contribution in [-0.4, -0.2) is 32.1 Å². The Morgan fingerprint density at radius 3 is 2.07 bits per heavy atom. The molecule has 0 unspecified atom stereocenters. The van der Waals surface area contributed by atoms with Gasteiger partial charge in [-0.3, -0.25) is 14.9 Å². The first-order chi connectivity index (χ1) is 14.2. The quantitative estimate of drug-likeness (QED) is 0.631. The van der Waals surface area contributed by atoms with E-state index in [1.807, 2.05) is 6.92 Å². The molecule has 1 aromatic heterocycles. The summed E-state index contributed by atoms with van der Waals surface area (Å²) in [5, 5.41) is 0. The molecule has 1 heterocycles. The van der Waals surface area contributed by atoms with Crippen molar-refractivity contribution >= 4 is 21.7 Å². The summed E-state index contributed by atoms with van der Waals surface area (Å²) in [6.07, 6.45) is 0. The molecular formula is C22H22N2O5S. The molecule has 30 heavy (non-hydrogen) atoms. The third-order valence-corrected chi connectivity index (χ3v) is 6.76. The number of esters is 1. The van der Waals surface area contributed by atoms with Crippen LogP contribution in [0.4, 0.5) is 0 Å². The normalized spacial score (nSPS) is 11.2. The second kappa shape index (κ2) is 8.16. The zero-order valence-corrected chi connectivity index (χ0v) is 17.9. The molecule has 0 aliphatic rings. The number of sulfone groups is 1. The highest BCUT2D eigenvalue weighted by molar-refractivity contribution is 7.91. The number of benzene rings is 2. The Balaban J connectivity index is 2.18. The van der Waals surface area contributed by atoms with Crippen LogP contribution in [-0.2, 0) is 14.6 Å². The minimum absolute atomic E-state index is 0.0490. The van der Waals surface area contributed by atoms with Gasteiger partial charge in [0, 0.05) is 5.56 Å². The van der Waals surface area contributed by atoms with Crippen molar-refractivity contribution in [3.63, 3.8) is 0 Å². The van der Waals surface area contributed by atoms with E-state index in [0.717, 1.165) is 5.56 Å². The fourth-order valence-corrected chi connectivity index (χ4v) is 4.95. The summed E-state index contributed by atoms with van der Waals surface area (Å²) >= 11 is 0. The van der Waals surface area contributed by atoms with Crippen LogP contribution in [0, 0.1) is 20.8 Å². The van der Waals surface area contributed by atoms with Crippen molar-refractivity contribution in [1.82, 2.24) is 4.68 Å². The van der Waals surface area contributed by atoms with Crippen LogP contribution in [0.3, 0.4) is 0 Å². The standard InChI is InChI=1S/C22H22N2O5S/c1-14-10-12-18(13-11-14)30(27,28)20-16(3)24(15(2)19(20)22(26)29-4)23-21(25)17-8-6-5-7-9-17/h5-13H,1-4H3,(H,23,25). The Kier molecular flexibility index (Phi) is 5.80. The number of rotatable bonds is 5. The smallest absolute Gasteiger partial charge is 0.341 e. The number of hydrogen-bond donors (Lipinski definition) is 1. The second-order valence-corrected chi connectivity index (χ2v) is 8.71. The van der Waals surface area contributed by atoms with Crippen LogP contribution >= 0.6 is 0 Å². The third kappa shape index (κ3) is 3.73. The molecule has 0 radical (unpaired) electrons. The molecule has 0 aliphatic carbocycles. The van der Waals surface area contributed by atoms with Crippen molar-refractivity contribution in [2.75, 3.05) is 12.5 Å². The number of hydrogen-bond acceptors (Lipinski definition) is 5. The molecule has 1 amide bonds. The summed E-state index contributed by atoms with van der Waals surface area (Å²) in [7, 11) is -2.87. The molecule has 3 rings (SSSR count). The topological polar surface area (TPSA) is 94.5 Å². The molecular weight excluding hydrogens is 404 g/mol. The van der Waals surface area contributed by atoms with Gasteiger partial charge in [-0.1, -0.05) is 35.9 Å². The highest BCUT2D eigenvalue weighted by Crippen LogP contribution is 2.32. The molecule has 156 valence electrons. The lowest BCUT2D eigenvalue weighted by Crippen LogP contribution is -2.25. The summed E-state index contributed by atoms with van der Waals surface area (Å²) in [4.78, 5) is 25.0. The van der Waals surface area contributed by atoms with E-state index in [2.05, 4.69) is 5.43 Å². The van der Waals surface area contributed by atoms with E-state index in [4.69, 9.17) is 4.74 Å². The lowest BCUT2D eigenvalue weighted by atomic mass is 10.2. The first kappa shape index (κ1) is 21.3. The molecule has 0 spiro atoms. The van der Waals surface area contributed by atoms with Crippen LogP contribution in [0.2, 0.25) is 0 Å². The van der Waals surface area contributed by atoms with Gasteiger partial charge in [-0.05, 0) is 45.0 Å². The van der Waals surface area contributed by atoms with E-state index in [-0.39, 0.29) is 26.7 Å². The Morgan fingerprint density at radius 1 is 0.900 bits per heavy atom. The van der Waals surface area contributed by atoms with E-state index in [1.165, 1.54) is 30.8 Å². The SMILES string of the molecule is COC(=O)c1c(S(=O)(=O)c2ccc(C)cc2)c(C)n(NC(=O)c2ccccc2)c1C. The van der Waals surface area contributed by atoms with Crippen LogP contribution in [0.25, 0.3) is 0 Å². The minimum atomic E-state index is -4.05. The number of carbonyl (C=O) groups is 2. The molecule has 0 bridgehead atoms. The van der Waals surface area contributed by atoms with Crippen molar-refractivity contribution < 1.29 is 22.7 Å². The zero-order valence-electron chi connectivity index (χ0n) is 17.1. The van der Waals surface area contributed by atoms with Crippen LogP contribution in [0.1, 0.15) is 37.7 Å². The summed E-state index contributed by atoms with van der Waals surface area (Å²) < 4.78 is 32.9. The molecule has 1 N–H and O–H groups in total. The van der Waals surface area contributed by atoms with Crippen molar-refractivity contribution in [1.29, 1.82) is 0 Å². The molecule has 2 aromatic carbocycles. The molecule has 0 aliphatic heterocycles. The monoisotopic (exact) mass is 426 g/mol. The summed E-state index contributed by atoms with van der Waals surface area (Å²) in [6.45, 7) is 4.94. The Bertz CT molecular complexity index is 1210. The van der Waals surface area contributed by atoms with Gasteiger partial charge in [0.25, 0.3) is 5.91 Å². The zero-order chi connectivity index (χ0) is 22.1. The first-order valence-electron chi connectivity index (χ1n) is 9.17. The average molecular weight is 426 g/mol. The maximum Gasteiger partial charge on any atom is 0.341 e. The molecule has 0 fully saturated rings. The van der Waals surface area contributed by atoms with Gasteiger partial charge in [0.15, 0.2) is 0 Å². The Hall–Kier alpha value is -3.39. The van der Waals surface area contributed by atoms with E-state index in [1.54, 1.807) is 49.4 Å². The fourth-order valence-electron chi connectivity index (χ4n) is 3.24. The maximum absolute atomic E-state index is 13.4. The second-order valence-electron chi connectivity index (χ2n) is 6.83. The van der Waals surface area contributed by atoms with E-state index in [0.29, 0.717) is 5.56 Å². The maximum atomic E-state index is 13.4. The van der Waals surface area contributed by atoms with Gasteiger partial charge in [-0.15, -0.1) is 0 Å². The van der Waals surface area contributed by atoms with Crippen LogP contribution < -0.4 is 5.43 Å². The number of carbonyl (C=O) groups excluding carboxylic acids is 2. The van der Waals surface area contributed by atoms with Crippen molar-refractivity contribution in [3.8, 4) is 0 Å². The van der Waals surface area contributed by atoms with E-state index >= 15 is 0 Å². The molecule has 0 saturated carbocycles. The number of ether oxygens (including phenoxy) is 1. The predicted octanol–water partition coefficient (Wildman–Crippen LogP) is 3.42. The summed E-state index contributed by atoms with van der Waals surface area (Å²) in [5.74, 6) is -1.23. The van der Waals surface area contributed by atoms with Crippen LogP contribution in [0.15, 0.2) is 64.4 Å². The molecule has 8 heteroatoms. The summed E-state index contributed by atoms with van der Waals surface area (Å²) in [5.41, 5.74) is 4.33. The van der Waals surface area contributed by atoms with E-state index < -0.39 is 21.7 Å². The van der Waals surface area contributed by atoms with Gasteiger partial charge in [0.05, 0.1) is 23.4 Å². The van der Waals surface area contributed by atoms with Gasteiger partial charge >= 0.3 is 5.97 Å². The Morgan fingerprint density at radius 2 is 1.50 bits per heavy atom.